The van der Waals surface area contributed by atoms with E-state index in [0.29, 0.717) is 6.61 Å². The van der Waals surface area contributed by atoms with Crippen molar-refractivity contribution >= 4 is 5.97 Å². The van der Waals surface area contributed by atoms with Crippen LogP contribution in [0.4, 0.5) is 0 Å². The summed E-state index contributed by atoms with van der Waals surface area (Å²) in [6, 6.07) is 0. The Balaban J connectivity index is 1.80. The molecule has 4 nitrogen and oxygen atoms in total. The van der Waals surface area contributed by atoms with Crippen molar-refractivity contribution in [3.8, 4) is 0 Å². The fourth-order valence-electron chi connectivity index (χ4n) is 2.04. The first kappa shape index (κ1) is 9.93. The van der Waals surface area contributed by atoms with E-state index in [1.165, 1.54) is 0 Å². The van der Waals surface area contributed by atoms with Gasteiger partial charge in [0.05, 0.1) is 31.3 Å². The van der Waals surface area contributed by atoms with Gasteiger partial charge in [0.1, 0.15) is 0 Å². The van der Waals surface area contributed by atoms with Crippen LogP contribution in [-0.2, 0) is 14.3 Å². The Morgan fingerprint density at radius 1 is 1.64 bits per heavy atom. The molecule has 1 atom stereocenters. The van der Waals surface area contributed by atoms with Gasteiger partial charge in [-0.1, -0.05) is 0 Å². The summed E-state index contributed by atoms with van der Waals surface area (Å²) in [5.74, 6) is -0.0173. The molecule has 80 valence electrons. The van der Waals surface area contributed by atoms with E-state index in [0.717, 1.165) is 32.6 Å². The molecule has 4 heteroatoms. The third-order valence-corrected chi connectivity index (χ3v) is 3.07. The summed E-state index contributed by atoms with van der Waals surface area (Å²) in [7, 11) is 0. The lowest BCUT2D eigenvalue weighted by Crippen LogP contribution is -2.64. The van der Waals surface area contributed by atoms with Crippen molar-refractivity contribution in [1.29, 1.82) is 0 Å². The molecule has 0 saturated carbocycles. The molecule has 2 heterocycles. The number of carbonyl (C=O) groups excluding carboxylic acids is 1. The molecule has 0 aromatic heterocycles. The molecule has 0 radical (unpaired) electrons. The fraction of sp³-hybridized carbons (Fsp3) is 0.900. The number of carbonyl (C=O) groups is 1. The maximum Gasteiger partial charge on any atom is 0.310 e. The summed E-state index contributed by atoms with van der Waals surface area (Å²) in [5.41, 5.74) is 0.184. The molecule has 0 amide bonds. The van der Waals surface area contributed by atoms with Gasteiger partial charge < -0.3 is 14.8 Å². The molecule has 2 fully saturated rings. The highest BCUT2D eigenvalue weighted by molar-refractivity contribution is 5.72. The number of nitrogens with one attached hydrogen (secondary N) is 1. The van der Waals surface area contributed by atoms with Gasteiger partial charge in [0, 0.05) is 6.54 Å². The first-order valence-corrected chi connectivity index (χ1v) is 5.25. The van der Waals surface area contributed by atoms with E-state index >= 15 is 0 Å². The van der Waals surface area contributed by atoms with Gasteiger partial charge in [-0.3, -0.25) is 4.79 Å². The molecule has 0 bridgehead atoms. The van der Waals surface area contributed by atoms with Gasteiger partial charge in [0.25, 0.3) is 0 Å². The first-order chi connectivity index (χ1) is 6.76. The molecule has 14 heavy (non-hydrogen) atoms. The second kappa shape index (κ2) is 3.87. The third kappa shape index (κ3) is 1.77. The van der Waals surface area contributed by atoms with Gasteiger partial charge in [-0.25, -0.2) is 0 Å². The average molecular weight is 199 g/mol. The summed E-state index contributed by atoms with van der Waals surface area (Å²) >= 11 is 0. The summed E-state index contributed by atoms with van der Waals surface area (Å²) in [6.07, 6.45) is 1.95. The second-order valence-electron chi connectivity index (χ2n) is 4.14. The standard InChI is InChI=1S/C10H17NO3/c1-2-14-9(12)8-3-4-10(11-5-8)6-13-7-10/h8,11H,2-7H2,1H3. The van der Waals surface area contributed by atoms with E-state index in [1.807, 2.05) is 6.92 Å². The fourth-order valence-corrected chi connectivity index (χ4v) is 2.04. The van der Waals surface area contributed by atoms with E-state index < -0.39 is 0 Å². The van der Waals surface area contributed by atoms with Gasteiger partial charge in [0.2, 0.25) is 0 Å². The zero-order valence-corrected chi connectivity index (χ0v) is 8.54. The van der Waals surface area contributed by atoms with Gasteiger partial charge in [-0.2, -0.15) is 0 Å². The lowest BCUT2D eigenvalue weighted by molar-refractivity contribution is -0.152. The SMILES string of the molecule is CCOC(=O)C1CCC2(COC2)NC1. The number of rotatable bonds is 2. The molecule has 2 aliphatic rings. The zero-order valence-electron chi connectivity index (χ0n) is 8.54. The van der Waals surface area contributed by atoms with Crippen molar-refractivity contribution in [1.82, 2.24) is 5.32 Å². The molecule has 0 aromatic carbocycles. The lowest BCUT2D eigenvalue weighted by Gasteiger charge is -2.46. The Hall–Kier alpha value is -0.610. The molecular weight excluding hydrogens is 182 g/mol. The van der Waals surface area contributed by atoms with Crippen LogP contribution in [0.15, 0.2) is 0 Å². The summed E-state index contributed by atoms with van der Waals surface area (Å²) < 4.78 is 10.2. The van der Waals surface area contributed by atoms with Gasteiger partial charge in [-0.05, 0) is 19.8 Å². The lowest BCUT2D eigenvalue weighted by atomic mass is 9.83. The first-order valence-electron chi connectivity index (χ1n) is 5.25. The predicted molar refractivity (Wildman–Crippen MR) is 50.9 cm³/mol. The van der Waals surface area contributed by atoms with Crippen LogP contribution in [0.5, 0.6) is 0 Å². The van der Waals surface area contributed by atoms with Crippen molar-refractivity contribution < 1.29 is 14.3 Å². The molecule has 0 aromatic rings. The van der Waals surface area contributed by atoms with Crippen LogP contribution in [0.25, 0.3) is 0 Å². The number of esters is 1. The van der Waals surface area contributed by atoms with Gasteiger partial charge >= 0.3 is 5.97 Å². The van der Waals surface area contributed by atoms with Crippen LogP contribution in [0.1, 0.15) is 19.8 Å². The maximum absolute atomic E-state index is 11.4. The van der Waals surface area contributed by atoms with E-state index in [9.17, 15) is 4.79 Å². The van der Waals surface area contributed by atoms with Crippen LogP contribution >= 0.6 is 0 Å². The Bertz CT molecular complexity index is 215. The van der Waals surface area contributed by atoms with E-state index in [1.54, 1.807) is 0 Å². The molecular formula is C10H17NO3. The minimum Gasteiger partial charge on any atom is -0.466 e. The summed E-state index contributed by atoms with van der Waals surface area (Å²) in [6.45, 7) is 4.65. The van der Waals surface area contributed by atoms with E-state index in [4.69, 9.17) is 9.47 Å². The Kier molecular flexibility index (Phi) is 2.74. The summed E-state index contributed by atoms with van der Waals surface area (Å²) in [5, 5.41) is 3.40. The largest absolute Gasteiger partial charge is 0.466 e. The van der Waals surface area contributed by atoms with Crippen molar-refractivity contribution in [3.63, 3.8) is 0 Å². The zero-order chi connectivity index (χ0) is 10.0. The quantitative estimate of drug-likeness (QED) is 0.651. The minimum atomic E-state index is -0.0601. The second-order valence-corrected chi connectivity index (χ2v) is 4.14. The Morgan fingerprint density at radius 2 is 2.43 bits per heavy atom. The smallest absolute Gasteiger partial charge is 0.310 e. The van der Waals surface area contributed by atoms with E-state index in [-0.39, 0.29) is 17.4 Å². The van der Waals surface area contributed by atoms with Crippen molar-refractivity contribution in [3.05, 3.63) is 0 Å². The molecule has 1 unspecified atom stereocenters. The highest BCUT2D eigenvalue weighted by Gasteiger charge is 2.42. The molecule has 2 aliphatic heterocycles. The molecule has 0 aliphatic carbocycles. The number of ether oxygens (including phenoxy) is 2. The van der Waals surface area contributed by atoms with Crippen molar-refractivity contribution in [2.75, 3.05) is 26.4 Å². The number of hydrogen-bond acceptors (Lipinski definition) is 4. The number of hydrogen-bond donors (Lipinski definition) is 1. The molecule has 2 saturated heterocycles. The van der Waals surface area contributed by atoms with Crippen molar-refractivity contribution in [2.45, 2.75) is 25.3 Å². The third-order valence-electron chi connectivity index (χ3n) is 3.07. The molecule has 1 N–H and O–H groups in total. The van der Waals surface area contributed by atoms with Crippen LogP contribution in [-0.4, -0.2) is 37.9 Å². The average Bonchev–Trinajstić information content (AvgIpc) is 2.16. The Morgan fingerprint density at radius 3 is 2.86 bits per heavy atom. The molecule has 1 spiro atoms. The highest BCUT2D eigenvalue weighted by Crippen LogP contribution is 2.29. The van der Waals surface area contributed by atoms with Gasteiger partial charge in [-0.15, -0.1) is 0 Å². The van der Waals surface area contributed by atoms with Crippen LogP contribution in [0.2, 0.25) is 0 Å². The van der Waals surface area contributed by atoms with Crippen LogP contribution in [0.3, 0.4) is 0 Å². The number of piperidine rings is 1. The Labute approximate surface area is 84.0 Å². The maximum atomic E-state index is 11.4. The van der Waals surface area contributed by atoms with Crippen molar-refractivity contribution in [2.24, 2.45) is 5.92 Å². The predicted octanol–water partition coefficient (Wildman–Crippen LogP) is 0.318. The van der Waals surface area contributed by atoms with Gasteiger partial charge in [0.15, 0.2) is 0 Å². The monoisotopic (exact) mass is 199 g/mol. The summed E-state index contributed by atoms with van der Waals surface area (Å²) in [4.78, 5) is 11.4. The minimum absolute atomic E-state index is 0.0428. The van der Waals surface area contributed by atoms with Crippen LogP contribution in [0, 0.1) is 5.92 Å². The van der Waals surface area contributed by atoms with Crippen LogP contribution < -0.4 is 5.32 Å². The normalized spacial score (nSPS) is 29.6. The molecule has 2 rings (SSSR count). The highest BCUT2D eigenvalue weighted by atomic mass is 16.5. The van der Waals surface area contributed by atoms with E-state index in [2.05, 4.69) is 5.32 Å². The topological polar surface area (TPSA) is 47.6 Å².